The third-order valence-corrected chi connectivity index (χ3v) is 8.19. The van der Waals surface area contributed by atoms with E-state index in [0.29, 0.717) is 25.4 Å². The molecule has 180 valence electrons. The van der Waals surface area contributed by atoms with Gasteiger partial charge < -0.3 is 14.8 Å². The highest BCUT2D eigenvalue weighted by molar-refractivity contribution is 7.21. The number of nitrogens with zero attached hydrogens (tertiary/aromatic N) is 2. The number of amides is 2. The standard InChI is InChI=1S/C27H33N3O3S/c1-18-22-15-20(21-10-12-25(32)29(3)17-21)9-11-23(22)34-26(18)27(33)30(14-13-24(31)28-2)16-19-7-5-4-6-8-19/h9-12,15,17,19H,4-8,13-14,16H2,1-3H3,(H,28,31). The fraction of sp³-hybridized carbons (Fsp3) is 0.444. The molecule has 0 aliphatic heterocycles. The van der Waals surface area contributed by atoms with Crippen LogP contribution in [0, 0.1) is 12.8 Å². The highest BCUT2D eigenvalue weighted by atomic mass is 32.1. The number of aryl methyl sites for hydroxylation is 2. The topological polar surface area (TPSA) is 71.4 Å². The summed E-state index contributed by atoms with van der Waals surface area (Å²) in [4.78, 5) is 40.1. The molecule has 6 nitrogen and oxygen atoms in total. The van der Waals surface area contributed by atoms with Crippen LogP contribution in [0.2, 0.25) is 0 Å². The molecule has 1 N–H and O–H groups in total. The van der Waals surface area contributed by atoms with E-state index in [1.807, 2.05) is 30.2 Å². The van der Waals surface area contributed by atoms with Crippen molar-refractivity contribution in [1.82, 2.24) is 14.8 Å². The van der Waals surface area contributed by atoms with Gasteiger partial charge in [0.1, 0.15) is 0 Å². The Morgan fingerprint density at radius 1 is 1.12 bits per heavy atom. The van der Waals surface area contributed by atoms with E-state index < -0.39 is 0 Å². The van der Waals surface area contributed by atoms with E-state index in [9.17, 15) is 14.4 Å². The number of hydrogen-bond acceptors (Lipinski definition) is 4. The van der Waals surface area contributed by atoms with E-state index >= 15 is 0 Å². The van der Waals surface area contributed by atoms with Crippen LogP contribution in [0.25, 0.3) is 21.2 Å². The van der Waals surface area contributed by atoms with Crippen LogP contribution in [-0.2, 0) is 11.8 Å². The Morgan fingerprint density at radius 2 is 1.85 bits per heavy atom. The number of carbonyl (C=O) groups is 2. The molecule has 7 heteroatoms. The number of rotatable bonds is 7. The van der Waals surface area contributed by atoms with Crippen LogP contribution in [-0.4, -0.2) is 41.4 Å². The number of thiophene rings is 1. The molecule has 1 aliphatic rings. The molecule has 34 heavy (non-hydrogen) atoms. The van der Waals surface area contributed by atoms with Crippen LogP contribution >= 0.6 is 11.3 Å². The number of pyridine rings is 1. The van der Waals surface area contributed by atoms with Gasteiger partial charge in [-0.1, -0.05) is 25.3 Å². The van der Waals surface area contributed by atoms with E-state index in [2.05, 4.69) is 17.4 Å². The molecule has 0 atom stereocenters. The van der Waals surface area contributed by atoms with Gasteiger partial charge >= 0.3 is 0 Å². The number of benzene rings is 1. The van der Waals surface area contributed by atoms with Crippen molar-refractivity contribution in [2.45, 2.75) is 45.4 Å². The molecule has 1 fully saturated rings. The van der Waals surface area contributed by atoms with Gasteiger partial charge in [-0.2, -0.15) is 0 Å². The monoisotopic (exact) mass is 479 g/mol. The number of aromatic nitrogens is 1. The zero-order valence-electron chi connectivity index (χ0n) is 20.2. The van der Waals surface area contributed by atoms with Gasteiger partial charge in [0.05, 0.1) is 4.88 Å². The first-order chi connectivity index (χ1) is 16.4. The predicted octanol–water partition coefficient (Wildman–Crippen LogP) is 4.73. The first-order valence-electron chi connectivity index (χ1n) is 12.1. The fourth-order valence-electron chi connectivity index (χ4n) is 4.83. The average Bonchev–Trinajstić information content (AvgIpc) is 3.19. The van der Waals surface area contributed by atoms with Crippen LogP contribution in [0.1, 0.15) is 53.8 Å². The van der Waals surface area contributed by atoms with Gasteiger partial charge in [0, 0.05) is 50.6 Å². The molecule has 2 heterocycles. The van der Waals surface area contributed by atoms with Crippen molar-refractivity contribution in [2.24, 2.45) is 13.0 Å². The molecule has 0 bridgehead atoms. The highest BCUT2D eigenvalue weighted by Crippen LogP contribution is 2.35. The zero-order chi connectivity index (χ0) is 24.2. The Hall–Kier alpha value is -2.93. The average molecular weight is 480 g/mol. The lowest BCUT2D eigenvalue weighted by atomic mass is 9.89. The maximum Gasteiger partial charge on any atom is 0.264 e. The molecule has 0 saturated heterocycles. The van der Waals surface area contributed by atoms with Gasteiger partial charge in [0.25, 0.3) is 5.91 Å². The van der Waals surface area contributed by atoms with Gasteiger partial charge in [-0.15, -0.1) is 11.3 Å². The molecule has 1 aliphatic carbocycles. The van der Waals surface area contributed by atoms with E-state index in [4.69, 9.17) is 0 Å². The zero-order valence-corrected chi connectivity index (χ0v) is 21.0. The molecule has 4 rings (SSSR count). The van der Waals surface area contributed by atoms with Crippen molar-refractivity contribution >= 4 is 33.2 Å². The summed E-state index contributed by atoms with van der Waals surface area (Å²) in [5.74, 6) is 0.488. The van der Waals surface area contributed by atoms with Gasteiger partial charge in [0.2, 0.25) is 11.5 Å². The molecular weight excluding hydrogens is 446 g/mol. The molecule has 0 unspecified atom stereocenters. The van der Waals surface area contributed by atoms with Crippen LogP contribution in [0.3, 0.4) is 0 Å². The minimum atomic E-state index is -0.0450. The molecule has 1 saturated carbocycles. The Labute approximate surface area is 204 Å². The van der Waals surface area contributed by atoms with E-state index in [1.165, 1.54) is 30.6 Å². The largest absolute Gasteiger partial charge is 0.359 e. The molecular formula is C27H33N3O3S. The quantitative estimate of drug-likeness (QED) is 0.532. The summed E-state index contributed by atoms with van der Waals surface area (Å²) in [6, 6.07) is 9.61. The maximum absolute atomic E-state index is 13.7. The van der Waals surface area contributed by atoms with Crippen LogP contribution in [0.15, 0.2) is 41.3 Å². The highest BCUT2D eigenvalue weighted by Gasteiger charge is 2.25. The summed E-state index contributed by atoms with van der Waals surface area (Å²) in [6.45, 7) is 3.16. The van der Waals surface area contributed by atoms with Crippen molar-refractivity contribution < 1.29 is 9.59 Å². The summed E-state index contributed by atoms with van der Waals surface area (Å²) in [6.07, 6.45) is 8.17. The lowest BCUT2D eigenvalue weighted by Gasteiger charge is -2.29. The first-order valence-corrected chi connectivity index (χ1v) is 12.9. The van der Waals surface area contributed by atoms with Gasteiger partial charge in [-0.3, -0.25) is 14.4 Å². The van der Waals surface area contributed by atoms with Crippen molar-refractivity contribution in [1.29, 1.82) is 0 Å². The number of hydrogen-bond donors (Lipinski definition) is 1. The van der Waals surface area contributed by atoms with Crippen LogP contribution in [0.5, 0.6) is 0 Å². The predicted molar refractivity (Wildman–Crippen MR) is 138 cm³/mol. The Balaban J connectivity index is 1.64. The van der Waals surface area contributed by atoms with Gasteiger partial charge in [-0.05, 0) is 66.0 Å². The van der Waals surface area contributed by atoms with Gasteiger partial charge in [-0.25, -0.2) is 0 Å². The summed E-state index contributed by atoms with van der Waals surface area (Å²) in [5.41, 5.74) is 2.91. The third kappa shape index (κ3) is 5.25. The van der Waals surface area contributed by atoms with E-state index in [1.54, 1.807) is 24.7 Å². The molecule has 0 spiro atoms. The van der Waals surface area contributed by atoms with Crippen LogP contribution in [0.4, 0.5) is 0 Å². The van der Waals surface area contributed by atoms with Crippen molar-refractivity contribution in [3.63, 3.8) is 0 Å². The second-order valence-electron chi connectivity index (χ2n) is 9.31. The van der Waals surface area contributed by atoms with Crippen LogP contribution < -0.4 is 10.9 Å². The Bertz CT molecular complexity index is 1250. The minimum Gasteiger partial charge on any atom is -0.359 e. The Kier molecular flexibility index (Phi) is 7.51. The number of fused-ring (bicyclic) bond motifs is 1. The summed E-state index contributed by atoms with van der Waals surface area (Å²) in [7, 11) is 3.38. The number of carbonyl (C=O) groups excluding carboxylic acids is 2. The minimum absolute atomic E-state index is 0.0248. The molecule has 3 aromatic rings. The fourth-order valence-corrected chi connectivity index (χ4v) is 5.99. The van der Waals surface area contributed by atoms with Gasteiger partial charge in [0.15, 0.2) is 0 Å². The SMILES string of the molecule is CNC(=O)CCN(CC1CCCCC1)C(=O)c1sc2ccc(-c3ccc(=O)n(C)c3)cc2c1C. The molecule has 0 radical (unpaired) electrons. The van der Waals surface area contributed by atoms with E-state index in [0.717, 1.165) is 44.5 Å². The molecule has 1 aromatic carbocycles. The summed E-state index contributed by atoms with van der Waals surface area (Å²) >= 11 is 1.52. The first kappa shape index (κ1) is 24.2. The second-order valence-corrected chi connectivity index (χ2v) is 10.4. The lowest BCUT2D eigenvalue weighted by Crippen LogP contribution is -2.38. The smallest absolute Gasteiger partial charge is 0.264 e. The van der Waals surface area contributed by atoms with Crippen molar-refractivity contribution in [3.05, 3.63) is 57.3 Å². The van der Waals surface area contributed by atoms with Crippen molar-refractivity contribution in [2.75, 3.05) is 20.1 Å². The lowest BCUT2D eigenvalue weighted by molar-refractivity contribution is -0.120. The Morgan fingerprint density at radius 3 is 2.56 bits per heavy atom. The van der Waals surface area contributed by atoms with Crippen molar-refractivity contribution in [3.8, 4) is 11.1 Å². The summed E-state index contributed by atoms with van der Waals surface area (Å²) in [5, 5.41) is 3.73. The normalized spacial score (nSPS) is 14.3. The molecule has 2 aromatic heterocycles. The molecule has 2 amide bonds. The summed E-state index contributed by atoms with van der Waals surface area (Å²) < 4.78 is 2.64. The number of nitrogens with one attached hydrogen (secondary N) is 1. The second kappa shape index (κ2) is 10.6. The third-order valence-electron chi connectivity index (χ3n) is 6.93. The maximum atomic E-state index is 13.7. The van der Waals surface area contributed by atoms with E-state index in [-0.39, 0.29) is 17.4 Å².